The van der Waals surface area contributed by atoms with E-state index in [0.29, 0.717) is 24.3 Å². The SMILES string of the molecule is COc1ccc(S(=O)(=O)N2CCC(C(=O)Nc3ccc(F)c(Cl)c3)CC2)cc1. The van der Waals surface area contributed by atoms with Gasteiger partial charge in [0.15, 0.2) is 0 Å². The van der Waals surface area contributed by atoms with Crippen LogP contribution in [0.25, 0.3) is 0 Å². The monoisotopic (exact) mass is 426 g/mol. The zero-order valence-electron chi connectivity index (χ0n) is 15.2. The molecule has 0 spiro atoms. The second-order valence-corrected chi connectivity index (χ2v) is 8.82. The number of nitrogens with one attached hydrogen (secondary N) is 1. The maximum Gasteiger partial charge on any atom is 0.243 e. The number of carbonyl (C=O) groups is 1. The van der Waals surface area contributed by atoms with Crippen LogP contribution in [0.4, 0.5) is 10.1 Å². The lowest BCUT2D eigenvalue weighted by molar-refractivity contribution is -0.120. The Bertz CT molecular complexity index is 958. The quantitative estimate of drug-likeness (QED) is 0.793. The van der Waals surface area contributed by atoms with Crippen molar-refractivity contribution < 1.29 is 22.3 Å². The topological polar surface area (TPSA) is 75.7 Å². The first kappa shape index (κ1) is 20.6. The molecule has 0 unspecified atom stereocenters. The van der Waals surface area contributed by atoms with E-state index in [0.717, 1.165) is 0 Å². The maximum atomic E-state index is 13.2. The smallest absolute Gasteiger partial charge is 0.243 e. The molecule has 3 rings (SSSR count). The fourth-order valence-electron chi connectivity index (χ4n) is 3.07. The van der Waals surface area contributed by atoms with Gasteiger partial charge in [0.05, 0.1) is 17.0 Å². The molecular formula is C19H20ClFN2O4S. The van der Waals surface area contributed by atoms with Crippen molar-refractivity contribution in [1.82, 2.24) is 4.31 Å². The fourth-order valence-corrected chi connectivity index (χ4v) is 4.72. The van der Waals surface area contributed by atoms with E-state index in [1.54, 1.807) is 12.1 Å². The molecule has 1 saturated heterocycles. The highest BCUT2D eigenvalue weighted by Gasteiger charge is 2.32. The van der Waals surface area contributed by atoms with Crippen LogP contribution in [-0.4, -0.2) is 38.8 Å². The minimum Gasteiger partial charge on any atom is -0.497 e. The average molecular weight is 427 g/mol. The summed E-state index contributed by atoms with van der Waals surface area (Å²) in [6.45, 7) is 0.493. The van der Waals surface area contributed by atoms with E-state index in [1.165, 1.54) is 41.7 Å². The Hall–Kier alpha value is -2.16. The number of amides is 1. The third-order valence-corrected chi connectivity index (χ3v) is 6.91. The number of nitrogens with zero attached hydrogens (tertiary/aromatic N) is 1. The van der Waals surface area contributed by atoms with E-state index >= 15 is 0 Å². The third kappa shape index (κ3) is 4.45. The summed E-state index contributed by atoms with van der Waals surface area (Å²) in [5.74, 6) is -0.540. The van der Waals surface area contributed by atoms with Crippen LogP contribution in [0.15, 0.2) is 47.4 Å². The van der Waals surface area contributed by atoms with Crippen molar-refractivity contribution in [3.8, 4) is 5.75 Å². The van der Waals surface area contributed by atoms with Crippen molar-refractivity contribution in [3.63, 3.8) is 0 Å². The van der Waals surface area contributed by atoms with Gasteiger partial charge in [-0.2, -0.15) is 4.31 Å². The number of rotatable bonds is 5. The summed E-state index contributed by atoms with van der Waals surface area (Å²) in [6.07, 6.45) is 0.798. The van der Waals surface area contributed by atoms with Gasteiger partial charge in [-0.1, -0.05) is 11.6 Å². The highest BCUT2D eigenvalue weighted by molar-refractivity contribution is 7.89. The van der Waals surface area contributed by atoms with Crippen LogP contribution in [0.5, 0.6) is 5.75 Å². The molecule has 1 aliphatic rings. The van der Waals surface area contributed by atoms with Crippen molar-refractivity contribution in [2.45, 2.75) is 17.7 Å². The molecule has 0 radical (unpaired) electrons. The molecule has 1 amide bonds. The second-order valence-electron chi connectivity index (χ2n) is 6.47. The van der Waals surface area contributed by atoms with Crippen molar-refractivity contribution in [2.75, 3.05) is 25.5 Å². The van der Waals surface area contributed by atoms with Gasteiger partial charge in [0.25, 0.3) is 0 Å². The van der Waals surface area contributed by atoms with Gasteiger partial charge >= 0.3 is 0 Å². The van der Waals surface area contributed by atoms with Crippen LogP contribution in [0.1, 0.15) is 12.8 Å². The number of hydrogen-bond donors (Lipinski definition) is 1. The van der Waals surface area contributed by atoms with Gasteiger partial charge in [0, 0.05) is 24.7 Å². The lowest BCUT2D eigenvalue weighted by Crippen LogP contribution is -2.41. The summed E-state index contributed by atoms with van der Waals surface area (Å²) in [6, 6.07) is 10.2. The molecule has 0 atom stereocenters. The highest BCUT2D eigenvalue weighted by atomic mass is 35.5. The molecule has 0 saturated carbocycles. The van der Waals surface area contributed by atoms with Gasteiger partial charge in [-0.3, -0.25) is 4.79 Å². The number of benzene rings is 2. The van der Waals surface area contributed by atoms with Crippen LogP contribution < -0.4 is 10.1 Å². The van der Waals surface area contributed by atoms with Gasteiger partial charge in [0.1, 0.15) is 11.6 Å². The summed E-state index contributed by atoms with van der Waals surface area (Å²) in [5, 5.41) is 2.63. The number of piperidine rings is 1. The van der Waals surface area contributed by atoms with E-state index in [4.69, 9.17) is 16.3 Å². The van der Waals surface area contributed by atoms with Crippen LogP contribution in [0.2, 0.25) is 5.02 Å². The Balaban J connectivity index is 1.61. The van der Waals surface area contributed by atoms with E-state index < -0.39 is 15.8 Å². The lowest BCUT2D eigenvalue weighted by atomic mass is 9.97. The highest BCUT2D eigenvalue weighted by Crippen LogP contribution is 2.26. The predicted octanol–water partition coefficient (Wildman–Crippen LogP) is 3.53. The molecule has 1 heterocycles. The molecular weight excluding hydrogens is 407 g/mol. The van der Waals surface area contributed by atoms with E-state index in [1.807, 2.05) is 0 Å². The lowest BCUT2D eigenvalue weighted by Gasteiger charge is -2.30. The third-order valence-electron chi connectivity index (χ3n) is 4.71. The van der Waals surface area contributed by atoms with Gasteiger partial charge in [0.2, 0.25) is 15.9 Å². The molecule has 1 fully saturated rings. The van der Waals surface area contributed by atoms with E-state index in [-0.39, 0.29) is 34.8 Å². The molecule has 1 N–H and O–H groups in total. The Morgan fingerprint density at radius 2 is 1.82 bits per heavy atom. The summed E-state index contributed by atoms with van der Waals surface area (Å²) in [5.41, 5.74) is 0.407. The standard InChI is InChI=1S/C19H20ClFN2O4S/c1-27-15-3-5-16(6-4-15)28(25,26)23-10-8-13(9-11-23)19(24)22-14-2-7-18(21)17(20)12-14/h2-7,12-13H,8-11H2,1H3,(H,22,24). The van der Waals surface area contributed by atoms with Crippen LogP contribution in [0.3, 0.4) is 0 Å². The average Bonchev–Trinajstić information content (AvgIpc) is 2.71. The molecule has 0 aliphatic carbocycles. The summed E-state index contributed by atoms with van der Waals surface area (Å²) in [7, 11) is -2.11. The molecule has 150 valence electrons. The number of carbonyl (C=O) groups excluding carboxylic acids is 1. The van der Waals surface area contributed by atoms with E-state index in [9.17, 15) is 17.6 Å². The summed E-state index contributed by atoms with van der Waals surface area (Å²) < 4.78 is 45.2. The molecule has 2 aromatic carbocycles. The van der Waals surface area contributed by atoms with Gasteiger partial charge < -0.3 is 10.1 Å². The summed E-state index contributed by atoms with van der Waals surface area (Å²) in [4.78, 5) is 12.6. The normalized spacial score (nSPS) is 16.0. The number of hydrogen-bond acceptors (Lipinski definition) is 4. The second kappa shape index (κ2) is 8.46. The van der Waals surface area contributed by atoms with Crippen LogP contribution in [0, 0.1) is 11.7 Å². The molecule has 2 aromatic rings. The molecule has 0 bridgehead atoms. The van der Waals surface area contributed by atoms with Gasteiger partial charge in [-0.25, -0.2) is 12.8 Å². The molecule has 28 heavy (non-hydrogen) atoms. The Morgan fingerprint density at radius 1 is 1.18 bits per heavy atom. The Labute approximate surface area is 168 Å². The number of sulfonamides is 1. The zero-order chi connectivity index (χ0) is 20.3. The first-order chi connectivity index (χ1) is 13.3. The number of anilines is 1. The fraction of sp³-hybridized carbons (Fsp3) is 0.316. The van der Waals surface area contributed by atoms with Crippen LogP contribution >= 0.6 is 11.6 Å². The minimum atomic E-state index is -3.62. The zero-order valence-corrected chi connectivity index (χ0v) is 16.8. The number of methoxy groups -OCH3 is 1. The van der Waals surface area contributed by atoms with Crippen molar-refractivity contribution >= 4 is 33.2 Å². The van der Waals surface area contributed by atoms with Crippen molar-refractivity contribution in [3.05, 3.63) is 53.3 Å². The van der Waals surface area contributed by atoms with Crippen LogP contribution in [-0.2, 0) is 14.8 Å². The molecule has 0 aromatic heterocycles. The number of halogens is 2. The van der Waals surface area contributed by atoms with Crippen molar-refractivity contribution in [1.29, 1.82) is 0 Å². The number of ether oxygens (including phenoxy) is 1. The largest absolute Gasteiger partial charge is 0.497 e. The molecule has 6 nitrogen and oxygen atoms in total. The summed E-state index contributed by atoms with van der Waals surface area (Å²) >= 11 is 5.72. The first-order valence-electron chi connectivity index (χ1n) is 8.71. The Morgan fingerprint density at radius 3 is 2.39 bits per heavy atom. The Kier molecular flexibility index (Phi) is 6.22. The first-order valence-corrected chi connectivity index (χ1v) is 10.5. The van der Waals surface area contributed by atoms with Crippen molar-refractivity contribution in [2.24, 2.45) is 5.92 Å². The molecule has 9 heteroatoms. The van der Waals surface area contributed by atoms with Gasteiger partial charge in [-0.05, 0) is 55.3 Å². The minimum absolute atomic E-state index is 0.0711. The maximum absolute atomic E-state index is 13.2. The van der Waals surface area contributed by atoms with Gasteiger partial charge in [-0.15, -0.1) is 0 Å². The predicted molar refractivity (Wildman–Crippen MR) is 105 cm³/mol. The molecule has 1 aliphatic heterocycles. The van der Waals surface area contributed by atoms with E-state index in [2.05, 4.69) is 5.32 Å².